The van der Waals surface area contributed by atoms with Crippen molar-refractivity contribution in [3.63, 3.8) is 0 Å². The van der Waals surface area contributed by atoms with E-state index >= 15 is 0 Å². The van der Waals surface area contributed by atoms with E-state index in [1.807, 2.05) is 48.7 Å². The number of benzene rings is 2. The SMILES string of the molecule is Cc1ccccc1-c1cnn(-c2ccccc2)c1N. The molecule has 1 heterocycles. The van der Waals surface area contributed by atoms with Crippen LogP contribution < -0.4 is 5.73 Å². The number of para-hydroxylation sites is 1. The maximum Gasteiger partial charge on any atom is 0.135 e. The number of hydrogen-bond donors (Lipinski definition) is 1. The summed E-state index contributed by atoms with van der Waals surface area (Å²) in [7, 11) is 0. The van der Waals surface area contributed by atoms with Gasteiger partial charge in [0.1, 0.15) is 5.82 Å². The van der Waals surface area contributed by atoms with Crippen LogP contribution in [0.3, 0.4) is 0 Å². The molecule has 0 aliphatic heterocycles. The normalized spacial score (nSPS) is 10.6. The third-order valence-corrected chi connectivity index (χ3v) is 3.24. The zero-order chi connectivity index (χ0) is 13.2. The van der Waals surface area contributed by atoms with Gasteiger partial charge in [0, 0.05) is 5.56 Å². The van der Waals surface area contributed by atoms with Crippen molar-refractivity contribution in [3.8, 4) is 16.8 Å². The van der Waals surface area contributed by atoms with Crippen molar-refractivity contribution in [2.24, 2.45) is 0 Å². The standard InChI is InChI=1S/C16H15N3/c1-12-7-5-6-10-14(12)15-11-18-19(16(15)17)13-8-3-2-4-9-13/h2-11H,17H2,1H3. The first-order valence-corrected chi connectivity index (χ1v) is 6.22. The van der Waals surface area contributed by atoms with Crippen LogP contribution in [0, 0.1) is 6.92 Å². The minimum atomic E-state index is 0.667. The van der Waals surface area contributed by atoms with Gasteiger partial charge in [-0.2, -0.15) is 5.10 Å². The van der Waals surface area contributed by atoms with Gasteiger partial charge in [-0.3, -0.25) is 0 Å². The maximum absolute atomic E-state index is 6.24. The van der Waals surface area contributed by atoms with E-state index < -0.39 is 0 Å². The van der Waals surface area contributed by atoms with Crippen molar-refractivity contribution in [1.29, 1.82) is 0 Å². The van der Waals surface area contributed by atoms with E-state index in [9.17, 15) is 0 Å². The van der Waals surface area contributed by atoms with Gasteiger partial charge in [-0.05, 0) is 30.2 Å². The summed E-state index contributed by atoms with van der Waals surface area (Å²) in [5.41, 5.74) is 10.5. The third kappa shape index (κ3) is 1.99. The van der Waals surface area contributed by atoms with Crippen LogP contribution in [0.2, 0.25) is 0 Å². The molecule has 3 heteroatoms. The van der Waals surface area contributed by atoms with E-state index in [4.69, 9.17) is 5.73 Å². The van der Waals surface area contributed by atoms with Gasteiger partial charge in [-0.1, -0.05) is 42.5 Å². The monoisotopic (exact) mass is 249 g/mol. The van der Waals surface area contributed by atoms with E-state index in [-0.39, 0.29) is 0 Å². The van der Waals surface area contributed by atoms with Crippen molar-refractivity contribution in [3.05, 3.63) is 66.4 Å². The zero-order valence-electron chi connectivity index (χ0n) is 10.7. The van der Waals surface area contributed by atoms with E-state index in [0.29, 0.717) is 5.82 Å². The predicted octanol–water partition coefficient (Wildman–Crippen LogP) is 3.43. The Bertz CT molecular complexity index is 699. The van der Waals surface area contributed by atoms with E-state index in [0.717, 1.165) is 16.8 Å². The van der Waals surface area contributed by atoms with Gasteiger partial charge in [-0.15, -0.1) is 0 Å². The van der Waals surface area contributed by atoms with Gasteiger partial charge in [0.05, 0.1) is 11.9 Å². The second kappa shape index (κ2) is 4.61. The van der Waals surface area contributed by atoms with Gasteiger partial charge in [0.15, 0.2) is 0 Å². The van der Waals surface area contributed by atoms with Crippen molar-refractivity contribution in [2.45, 2.75) is 6.92 Å². The lowest BCUT2D eigenvalue weighted by Gasteiger charge is -2.06. The molecule has 0 aliphatic carbocycles. The van der Waals surface area contributed by atoms with Crippen LogP contribution in [0.25, 0.3) is 16.8 Å². The molecule has 0 saturated heterocycles. The Balaban J connectivity index is 2.12. The average molecular weight is 249 g/mol. The lowest BCUT2D eigenvalue weighted by atomic mass is 10.0. The third-order valence-electron chi connectivity index (χ3n) is 3.24. The van der Waals surface area contributed by atoms with Crippen LogP contribution >= 0.6 is 0 Å². The first-order chi connectivity index (χ1) is 9.27. The molecule has 0 fully saturated rings. The fourth-order valence-corrected chi connectivity index (χ4v) is 2.22. The second-order valence-corrected chi connectivity index (χ2v) is 4.51. The molecular weight excluding hydrogens is 234 g/mol. The molecule has 0 radical (unpaired) electrons. The highest BCUT2D eigenvalue weighted by atomic mass is 15.3. The minimum Gasteiger partial charge on any atom is -0.383 e. The van der Waals surface area contributed by atoms with Gasteiger partial charge in [0.25, 0.3) is 0 Å². The molecule has 0 spiro atoms. The topological polar surface area (TPSA) is 43.8 Å². The molecule has 0 saturated carbocycles. The number of aromatic nitrogens is 2. The highest BCUT2D eigenvalue weighted by Gasteiger charge is 2.11. The Kier molecular flexibility index (Phi) is 2.80. The van der Waals surface area contributed by atoms with Crippen molar-refractivity contribution in [2.75, 3.05) is 5.73 Å². The van der Waals surface area contributed by atoms with E-state index in [1.165, 1.54) is 5.56 Å². The zero-order valence-corrected chi connectivity index (χ0v) is 10.7. The molecule has 0 aliphatic rings. The van der Waals surface area contributed by atoms with Gasteiger partial charge >= 0.3 is 0 Å². The highest BCUT2D eigenvalue weighted by Crippen LogP contribution is 2.29. The first-order valence-electron chi connectivity index (χ1n) is 6.22. The quantitative estimate of drug-likeness (QED) is 0.756. The number of anilines is 1. The number of rotatable bonds is 2. The van der Waals surface area contributed by atoms with Crippen LogP contribution in [0.1, 0.15) is 5.56 Å². The molecule has 0 unspecified atom stereocenters. The van der Waals surface area contributed by atoms with Crippen LogP contribution in [0.4, 0.5) is 5.82 Å². The fraction of sp³-hybridized carbons (Fsp3) is 0.0625. The Labute approximate surface area is 112 Å². The summed E-state index contributed by atoms with van der Waals surface area (Å²) in [6.45, 7) is 2.08. The molecule has 0 atom stereocenters. The summed E-state index contributed by atoms with van der Waals surface area (Å²) in [6, 6.07) is 18.1. The van der Waals surface area contributed by atoms with Crippen LogP contribution in [-0.2, 0) is 0 Å². The van der Waals surface area contributed by atoms with Gasteiger partial charge in [0.2, 0.25) is 0 Å². The molecule has 0 bridgehead atoms. The molecule has 3 aromatic rings. The molecule has 3 nitrogen and oxygen atoms in total. The molecule has 19 heavy (non-hydrogen) atoms. The van der Waals surface area contributed by atoms with Crippen LogP contribution in [0.15, 0.2) is 60.8 Å². The molecule has 1 aromatic heterocycles. The van der Waals surface area contributed by atoms with Crippen molar-refractivity contribution < 1.29 is 0 Å². The second-order valence-electron chi connectivity index (χ2n) is 4.51. The average Bonchev–Trinajstić information content (AvgIpc) is 2.82. The number of aryl methyl sites for hydroxylation is 1. The summed E-state index contributed by atoms with van der Waals surface area (Å²) in [6.07, 6.45) is 1.82. The number of nitrogens with zero attached hydrogens (tertiary/aromatic N) is 2. The summed E-state index contributed by atoms with van der Waals surface area (Å²) >= 11 is 0. The number of nitrogen functional groups attached to an aromatic ring is 1. The van der Waals surface area contributed by atoms with Crippen molar-refractivity contribution in [1.82, 2.24) is 9.78 Å². The van der Waals surface area contributed by atoms with Crippen LogP contribution in [-0.4, -0.2) is 9.78 Å². The minimum absolute atomic E-state index is 0.667. The predicted molar refractivity (Wildman–Crippen MR) is 78.1 cm³/mol. The first kappa shape index (κ1) is 11.5. The maximum atomic E-state index is 6.24. The molecular formula is C16H15N3. The summed E-state index contributed by atoms with van der Waals surface area (Å²) in [5.74, 6) is 0.667. The van der Waals surface area contributed by atoms with Crippen LogP contribution in [0.5, 0.6) is 0 Å². The smallest absolute Gasteiger partial charge is 0.135 e. The Morgan fingerprint density at radius 1 is 0.895 bits per heavy atom. The summed E-state index contributed by atoms with van der Waals surface area (Å²) in [4.78, 5) is 0. The molecule has 3 rings (SSSR count). The summed E-state index contributed by atoms with van der Waals surface area (Å²) < 4.78 is 1.77. The molecule has 0 amide bonds. The molecule has 2 aromatic carbocycles. The van der Waals surface area contributed by atoms with Gasteiger partial charge in [-0.25, -0.2) is 4.68 Å². The summed E-state index contributed by atoms with van der Waals surface area (Å²) in [5, 5.41) is 4.40. The lowest BCUT2D eigenvalue weighted by molar-refractivity contribution is 0.891. The Morgan fingerprint density at radius 3 is 2.32 bits per heavy atom. The fourth-order valence-electron chi connectivity index (χ4n) is 2.22. The number of hydrogen-bond acceptors (Lipinski definition) is 2. The number of nitrogens with two attached hydrogens (primary N) is 1. The Morgan fingerprint density at radius 2 is 1.58 bits per heavy atom. The van der Waals surface area contributed by atoms with Gasteiger partial charge < -0.3 is 5.73 Å². The van der Waals surface area contributed by atoms with Crippen molar-refractivity contribution >= 4 is 5.82 Å². The highest BCUT2D eigenvalue weighted by molar-refractivity contribution is 5.76. The van der Waals surface area contributed by atoms with E-state index in [1.54, 1.807) is 4.68 Å². The van der Waals surface area contributed by atoms with E-state index in [2.05, 4.69) is 24.2 Å². The lowest BCUT2D eigenvalue weighted by Crippen LogP contribution is -2.02. The molecule has 2 N–H and O–H groups in total. The largest absolute Gasteiger partial charge is 0.383 e. The molecule has 94 valence electrons. The Hall–Kier alpha value is -2.55.